The van der Waals surface area contributed by atoms with Gasteiger partial charge in [-0.05, 0) is 42.8 Å². The highest BCUT2D eigenvalue weighted by Gasteiger charge is 2.09. The normalized spacial score (nSPS) is 9.76. The van der Waals surface area contributed by atoms with Gasteiger partial charge in [-0.25, -0.2) is 0 Å². The Kier molecular flexibility index (Phi) is 6.55. The summed E-state index contributed by atoms with van der Waals surface area (Å²) in [6.07, 6.45) is 0.0540. The van der Waals surface area contributed by atoms with Crippen LogP contribution < -0.4 is 10.1 Å². The molecule has 6 nitrogen and oxygen atoms in total. The molecule has 1 amide bonds. The maximum absolute atomic E-state index is 11.7. The fourth-order valence-corrected chi connectivity index (χ4v) is 2.01. The molecule has 0 saturated heterocycles. The second-order valence-corrected chi connectivity index (χ2v) is 5.26. The fourth-order valence-electron chi connectivity index (χ4n) is 2.01. The van der Waals surface area contributed by atoms with Gasteiger partial charge in [-0.2, -0.15) is 5.26 Å². The first-order chi connectivity index (χ1) is 12.1. The molecule has 0 saturated carbocycles. The fraction of sp³-hybridized carbons (Fsp3) is 0.211. The van der Waals surface area contributed by atoms with E-state index in [9.17, 15) is 9.59 Å². The van der Waals surface area contributed by atoms with Gasteiger partial charge >= 0.3 is 5.97 Å². The maximum Gasteiger partial charge on any atom is 0.309 e. The third-order valence-electron chi connectivity index (χ3n) is 3.32. The monoisotopic (exact) mass is 338 g/mol. The van der Waals surface area contributed by atoms with E-state index in [0.717, 1.165) is 5.56 Å². The Morgan fingerprint density at radius 2 is 1.84 bits per heavy atom. The Labute approximate surface area is 146 Å². The number of hydrogen-bond acceptors (Lipinski definition) is 5. The zero-order chi connectivity index (χ0) is 18.1. The first kappa shape index (κ1) is 18.0. The Bertz CT molecular complexity index is 779. The van der Waals surface area contributed by atoms with E-state index in [1.54, 1.807) is 24.3 Å². The molecule has 0 aliphatic heterocycles. The van der Waals surface area contributed by atoms with Gasteiger partial charge in [-0.1, -0.05) is 18.2 Å². The van der Waals surface area contributed by atoms with Crippen molar-refractivity contribution in [1.82, 2.24) is 0 Å². The quantitative estimate of drug-likeness (QED) is 0.784. The molecule has 6 heteroatoms. The molecule has 2 rings (SSSR count). The van der Waals surface area contributed by atoms with Crippen LogP contribution in [0.1, 0.15) is 17.5 Å². The van der Waals surface area contributed by atoms with Crippen LogP contribution in [0, 0.1) is 18.3 Å². The zero-order valence-electron chi connectivity index (χ0n) is 13.8. The molecule has 0 radical (unpaired) electrons. The van der Waals surface area contributed by atoms with Crippen LogP contribution in [0.2, 0.25) is 0 Å². The van der Waals surface area contributed by atoms with Crippen molar-refractivity contribution in [3.63, 3.8) is 0 Å². The molecule has 0 aliphatic rings. The van der Waals surface area contributed by atoms with Crippen LogP contribution in [0.15, 0.2) is 48.5 Å². The average molecular weight is 338 g/mol. The third-order valence-corrected chi connectivity index (χ3v) is 3.32. The van der Waals surface area contributed by atoms with E-state index >= 15 is 0 Å². The highest BCUT2D eigenvalue weighted by Crippen LogP contribution is 2.16. The molecule has 0 aromatic heterocycles. The van der Waals surface area contributed by atoms with Crippen molar-refractivity contribution in [1.29, 1.82) is 5.26 Å². The van der Waals surface area contributed by atoms with Gasteiger partial charge in [0.1, 0.15) is 5.75 Å². The average Bonchev–Trinajstić information content (AvgIpc) is 2.62. The molecule has 0 fully saturated rings. The number of carbonyl (C=O) groups is 2. The standard InChI is InChI=1S/C19H18N2O4/c1-14-4-2-3-5-17(14)24-11-10-19(23)25-13-18(22)21-16-8-6-15(12-20)7-9-16/h2-9H,10-11,13H2,1H3,(H,21,22). The molecule has 0 spiro atoms. The lowest BCUT2D eigenvalue weighted by Crippen LogP contribution is -2.21. The minimum Gasteiger partial charge on any atom is -0.493 e. The lowest BCUT2D eigenvalue weighted by Gasteiger charge is -2.09. The second kappa shape index (κ2) is 9.08. The molecule has 1 N–H and O–H groups in total. The van der Waals surface area contributed by atoms with Crippen molar-refractivity contribution >= 4 is 17.6 Å². The van der Waals surface area contributed by atoms with E-state index in [-0.39, 0.29) is 19.6 Å². The van der Waals surface area contributed by atoms with Crippen LogP contribution in [0.25, 0.3) is 0 Å². The summed E-state index contributed by atoms with van der Waals surface area (Å²) in [6, 6.07) is 15.9. The van der Waals surface area contributed by atoms with E-state index in [0.29, 0.717) is 17.0 Å². The molecule has 0 atom stereocenters. The Balaban J connectivity index is 1.68. The summed E-state index contributed by atoms with van der Waals surface area (Å²) in [4.78, 5) is 23.4. The van der Waals surface area contributed by atoms with Gasteiger partial charge in [0.25, 0.3) is 5.91 Å². The van der Waals surface area contributed by atoms with Crippen LogP contribution in [0.5, 0.6) is 5.75 Å². The second-order valence-electron chi connectivity index (χ2n) is 5.26. The Morgan fingerprint density at radius 3 is 2.52 bits per heavy atom. The number of aryl methyl sites for hydroxylation is 1. The summed E-state index contributed by atoms with van der Waals surface area (Å²) in [5.41, 5.74) is 2.01. The van der Waals surface area contributed by atoms with Crippen molar-refractivity contribution in [3.8, 4) is 11.8 Å². The number of nitrogens with one attached hydrogen (secondary N) is 1. The van der Waals surface area contributed by atoms with E-state index < -0.39 is 11.9 Å². The van der Waals surface area contributed by atoms with Gasteiger partial charge in [0, 0.05) is 5.69 Å². The van der Waals surface area contributed by atoms with Crippen molar-refractivity contribution < 1.29 is 19.1 Å². The first-order valence-corrected chi connectivity index (χ1v) is 7.72. The molecule has 2 aromatic carbocycles. The minimum atomic E-state index is -0.511. The van der Waals surface area contributed by atoms with E-state index in [1.165, 1.54) is 0 Å². The summed E-state index contributed by atoms with van der Waals surface area (Å²) >= 11 is 0. The number of hydrogen-bond donors (Lipinski definition) is 1. The van der Waals surface area contributed by atoms with Gasteiger partial charge in [0.15, 0.2) is 6.61 Å². The van der Waals surface area contributed by atoms with Crippen molar-refractivity contribution in [3.05, 3.63) is 59.7 Å². The van der Waals surface area contributed by atoms with Crippen LogP contribution in [0.4, 0.5) is 5.69 Å². The largest absolute Gasteiger partial charge is 0.493 e. The number of para-hydroxylation sites is 1. The Hall–Kier alpha value is -3.33. The third kappa shape index (κ3) is 5.99. The molecule has 0 aliphatic carbocycles. The predicted molar refractivity (Wildman–Crippen MR) is 92.0 cm³/mol. The molecule has 0 unspecified atom stereocenters. The number of nitrogens with zero attached hydrogens (tertiary/aromatic N) is 1. The SMILES string of the molecule is Cc1ccccc1OCCC(=O)OCC(=O)Nc1ccc(C#N)cc1. The van der Waals surface area contributed by atoms with Gasteiger partial charge in [-0.15, -0.1) is 0 Å². The van der Waals surface area contributed by atoms with Crippen molar-refractivity contribution in [2.75, 3.05) is 18.5 Å². The smallest absolute Gasteiger partial charge is 0.309 e. The lowest BCUT2D eigenvalue weighted by molar-refractivity contribution is -0.147. The molecular formula is C19H18N2O4. The molecule has 0 bridgehead atoms. The number of ether oxygens (including phenoxy) is 2. The van der Waals surface area contributed by atoms with E-state index in [1.807, 2.05) is 37.3 Å². The molecule has 128 valence electrons. The highest BCUT2D eigenvalue weighted by molar-refractivity contribution is 5.92. The zero-order valence-corrected chi connectivity index (χ0v) is 13.8. The van der Waals surface area contributed by atoms with Gasteiger partial charge in [0.2, 0.25) is 0 Å². The summed E-state index contributed by atoms with van der Waals surface area (Å²) in [5, 5.41) is 11.3. The van der Waals surface area contributed by atoms with Gasteiger partial charge in [0.05, 0.1) is 24.7 Å². The molecular weight excluding hydrogens is 320 g/mol. The summed E-state index contributed by atoms with van der Waals surface area (Å²) in [5.74, 6) is -0.240. The number of rotatable bonds is 7. The number of anilines is 1. The first-order valence-electron chi connectivity index (χ1n) is 7.72. The van der Waals surface area contributed by atoms with Crippen LogP contribution in [-0.2, 0) is 14.3 Å². The van der Waals surface area contributed by atoms with E-state index in [2.05, 4.69) is 5.32 Å². The van der Waals surface area contributed by atoms with Crippen LogP contribution in [-0.4, -0.2) is 25.1 Å². The van der Waals surface area contributed by atoms with Gasteiger partial charge in [-0.3, -0.25) is 9.59 Å². The Morgan fingerprint density at radius 1 is 1.12 bits per heavy atom. The number of esters is 1. The van der Waals surface area contributed by atoms with E-state index in [4.69, 9.17) is 14.7 Å². The number of nitriles is 1. The predicted octanol–water partition coefficient (Wildman–Crippen LogP) is 2.82. The summed E-state index contributed by atoms with van der Waals surface area (Å²) in [6.45, 7) is 1.73. The molecule has 2 aromatic rings. The number of carbonyl (C=O) groups excluding carboxylic acids is 2. The maximum atomic E-state index is 11.7. The molecule has 25 heavy (non-hydrogen) atoms. The summed E-state index contributed by atoms with van der Waals surface area (Å²) < 4.78 is 10.4. The van der Waals surface area contributed by atoms with Crippen LogP contribution in [0.3, 0.4) is 0 Å². The summed E-state index contributed by atoms with van der Waals surface area (Å²) in [7, 11) is 0. The van der Waals surface area contributed by atoms with Crippen molar-refractivity contribution in [2.24, 2.45) is 0 Å². The highest BCUT2D eigenvalue weighted by atomic mass is 16.5. The lowest BCUT2D eigenvalue weighted by atomic mass is 10.2. The van der Waals surface area contributed by atoms with Crippen LogP contribution >= 0.6 is 0 Å². The number of benzene rings is 2. The molecule has 0 heterocycles. The van der Waals surface area contributed by atoms with Crippen molar-refractivity contribution in [2.45, 2.75) is 13.3 Å². The number of amides is 1. The van der Waals surface area contributed by atoms with Gasteiger partial charge < -0.3 is 14.8 Å². The topological polar surface area (TPSA) is 88.4 Å². The minimum absolute atomic E-state index is 0.0540.